The molecule has 1 heterocycles. The molecule has 3 atom stereocenters. The number of rotatable bonds is 42. The number of halogens is 1. The zero-order valence-corrected chi connectivity index (χ0v) is 46.5. The first-order chi connectivity index (χ1) is 35.4. The molecule has 1 aromatic heterocycles. The first-order valence-corrected chi connectivity index (χ1v) is 26.9. The molecule has 0 bridgehead atoms. The summed E-state index contributed by atoms with van der Waals surface area (Å²) in [6, 6.07) is 11.7. The Kier molecular flexibility index (Phi) is 31.2. The van der Waals surface area contributed by atoms with E-state index in [1.54, 1.807) is 19.3 Å². The molecule has 1 unspecified atom stereocenters. The van der Waals surface area contributed by atoms with E-state index in [2.05, 4.69) is 96.0 Å². The number of likely N-dealkylation sites (N-methyl/N-ethyl adjacent to an activating group) is 2. The summed E-state index contributed by atoms with van der Waals surface area (Å²) in [4.78, 5) is 22.6. The van der Waals surface area contributed by atoms with Crippen LogP contribution in [-0.4, -0.2) is 146 Å². The van der Waals surface area contributed by atoms with Crippen LogP contribution in [0.15, 0.2) is 59.7 Å². The van der Waals surface area contributed by atoms with E-state index in [-0.39, 0.29) is 11.1 Å². The number of allylic oxidation sites excluding steroid dienone is 1. The third-order valence-corrected chi connectivity index (χ3v) is 13.9. The molecule has 1 amide bonds. The number of hydrogen-bond donors (Lipinski definition) is 4. The number of hydrogen-bond acceptors (Lipinski definition) is 14. The van der Waals surface area contributed by atoms with E-state index in [0.717, 1.165) is 119 Å². The summed E-state index contributed by atoms with van der Waals surface area (Å²) < 4.78 is 34.8. The Labute approximate surface area is 443 Å². The van der Waals surface area contributed by atoms with Gasteiger partial charge < -0.3 is 54.6 Å². The monoisotopic (exact) mass is 1030 g/mol. The molecule has 0 saturated carbocycles. The van der Waals surface area contributed by atoms with E-state index in [1.807, 2.05) is 50.4 Å². The van der Waals surface area contributed by atoms with Gasteiger partial charge in [-0.25, -0.2) is 0 Å². The quantitative estimate of drug-likeness (QED) is 0.0240. The van der Waals surface area contributed by atoms with E-state index in [4.69, 9.17) is 40.0 Å². The predicted molar refractivity (Wildman–Crippen MR) is 300 cm³/mol. The van der Waals surface area contributed by atoms with Gasteiger partial charge in [-0.15, -0.1) is 0 Å². The summed E-state index contributed by atoms with van der Waals surface area (Å²) in [6.45, 7) is 21.8. The lowest BCUT2D eigenvalue weighted by molar-refractivity contribution is -0.113. The molecule has 0 saturated heterocycles. The second-order valence-electron chi connectivity index (χ2n) is 18.7. The van der Waals surface area contributed by atoms with Crippen LogP contribution in [0.3, 0.4) is 0 Å². The zero-order chi connectivity index (χ0) is 53.2. The number of nitrogens with one attached hydrogen (secondary N) is 4. The van der Waals surface area contributed by atoms with Gasteiger partial charge in [0.25, 0.3) is 0 Å². The number of carbonyl (C=O) groups excluding carboxylic acids is 1. The minimum Gasteiger partial charge on any atom is -0.493 e. The maximum atomic E-state index is 11.4. The van der Waals surface area contributed by atoms with E-state index in [9.17, 15) is 10.1 Å². The topological polar surface area (TPSA) is 173 Å². The Balaban J connectivity index is 1.25. The highest BCUT2D eigenvalue weighted by Gasteiger charge is 2.45. The highest BCUT2D eigenvalue weighted by atomic mass is 35.5. The Bertz CT molecular complexity index is 2160. The SMILES string of the molecule is CC/C=C\C(COc1ccc(Nc2c(C#N)cnc3cc(OCC)c(/C=C/CN(C)CCCCCCOCCOCCOCCOCCNCCCCC(C)[C@@](C)(NC=O)[C@@](C)(CC)NC)cc23)cc1Cl)=NC. The summed E-state index contributed by atoms with van der Waals surface area (Å²) in [5.41, 5.74) is 3.69. The second kappa shape index (κ2) is 36.3. The molecule has 15 nitrogen and oxygen atoms in total. The fraction of sp³-hybridized carbons (Fsp3) is 0.614. The number of benzene rings is 2. The normalized spacial score (nSPS) is 14.1. The third kappa shape index (κ3) is 22.0. The molecule has 0 aliphatic rings. The van der Waals surface area contributed by atoms with Crippen molar-refractivity contribution in [1.82, 2.24) is 25.8 Å². The number of aliphatic imine (C=N–C) groups is 1. The number of carbonyl (C=O) groups is 1. The molecule has 0 fully saturated rings. The molecule has 3 aromatic rings. The molecule has 2 aromatic carbocycles. The number of nitriles is 1. The van der Waals surface area contributed by atoms with E-state index in [1.165, 1.54) is 0 Å². The van der Waals surface area contributed by atoms with Gasteiger partial charge >= 0.3 is 0 Å². The van der Waals surface area contributed by atoms with Gasteiger partial charge in [-0.05, 0) is 123 Å². The van der Waals surface area contributed by atoms with Gasteiger partial charge in [0.15, 0.2) is 0 Å². The number of aromatic nitrogens is 1. The number of unbranched alkanes of at least 4 members (excludes halogenated alkanes) is 4. The van der Waals surface area contributed by atoms with Crippen molar-refractivity contribution in [2.24, 2.45) is 10.9 Å². The first-order valence-electron chi connectivity index (χ1n) is 26.5. The van der Waals surface area contributed by atoms with Gasteiger partial charge in [-0.2, -0.15) is 5.26 Å². The number of amides is 1. The smallest absolute Gasteiger partial charge is 0.207 e. The molecule has 4 N–H and O–H groups in total. The highest BCUT2D eigenvalue weighted by Crippen LogP contribution is 2.37. The largest absolute Gasteiger partial charge is 0.493 e. The average Bonchev–Trinajstić information content (AvgIpc) is 3.39. The van der Waals surface area contributed by atoms with Crippen molar-refractivity contribution in [3.8, 4) is 17.6 Å². The number of nitrogens with zero attached hydrogens (tertiary/aromatic N) is 4. The standard InChI is InChI=1S/C57H89ClN8O7/c1-10-13-23-49(60-7)43-73-53-25-24-48(39-51(53)58)65-55-47(41-59)42-63-52-40-54(72-12-3)46(38-50(52)55)22-20-29-66(9)28-18-14-15-19-30-68-32-34-70-36-37-71-35-33-69-31-27-62-26-17-16-21-45(4)57(6,64-44-67)56(5,11-2)61-8/h13,20,22-25,38-40,42,44-45,61-62H,10-12,14-19,21,26-37,43H2,1-9H3,(H,63,65)(H,64,67)/b22-20+,23-13-,60-49?/t45?,56-,57-/m1/s1. The number of anilines is 2. The van der Waals surface area contributed by atoms with Gasteiger partial charge in [0, 0.05) is 61.2 Å². The number of fused-ring (bicyclic) bond motifs is 1. The van der Waals surface area contributed by atoms with Gasteiger partial charge in [0.2, 0.25) is 6.41 Å². The molecular formula is C57H89ClN8O7. The molecule has 0 aliphatic carbocycles. The van der Waals surface area contributed by atoms with Crippen LogP contribution in [0.25, 0.3) is 17.0 Å². The van der Waals surface area contributed by atoms with Crippen molar-refractivity contribution >= 4 is 52.1 Å². The molecule has 0 spiro atoms. The zero-order valence-electron chi connectivity index (χ0n) is 45.7. The lowest BCUT2D eigenvalue weighted by Gasteiger charge is -2.50. The van der Waals surface area contributed by atoms with Crippen molar-refractivity contribution in [2.75, 3.05) is 119 Å². The van der Waals surface area contributed by atoms with Crippen molar-refractivity contribution in [1.29, 1.82) is 5.26 Å². The fourth-order valence-electron chi connectivity index (χ4n) is 8.48. The third-order valence-electron chi connectivity index (χ3n) is 13.7. The summed E-state index contributed by atoms with van der Waals surface area (Å²) >= 11 is 6.66. The minimum absolute atomic E-state index is 0.177. The van der Waals surface area contributed by atoms with Crippen molar-refractivity contribution in [3.63, 3.8) is 0 Å². The van der Waals surface area contributed by atoms with Crippen molar-refractivity contribution < 1.29 is 33.2 Å². The van der Waals surface area contributed by atoms with E-state index in [0.29, 0.717) is 98.6 Å². The van der Waals surface area contributed by atoms with Crippen molar-refractivity contribution in [2.45, 2.75) is 110 Å². The van der Waals surface area contributed by atoms with Gasteiger partial charge in [-0.3, -0.25) is 14.8 Å². The maximum absolute atomic E-state index is 11.4. The minimum atomic E-state index is -0.324. The Morgan fingerprint density at radius 2 is 1.60 bits per heavy atom. The molecule has 0 aliphatic heterocycles. The van der Waals surface area contributed by atoms with E-state index >= 15 is 0 Å². The summed E-state index contributed by atoms with van der Waals surface area (Å²) in [7, 11) is 5.84. The van der Waals surface area contributed by atoms with Crippen LogP contribution in [0.5, 0.6) is 11.5 Å². The lowest BCUT2D eigenvalue weighted by Crippen LogP contribution is -2.68. The molecular weight excluding hydrogens is 944 g/mol. The molecule has 3 rings (SSSR count). The number of ether oxygens (including phenoxy) is 6. The predicted octanol–water partition coefficient (Wildman–Crippen LogP) is 10.2. The van der Waals surface area contributed by atoms with E-state index < -0.39 is 0 Å². The van der Waals surface area contributed by atoms with Crippen LogP contribution >= 0.6 is 11.6 Å². The summed E-state index contributed by atoms with van der Waals surface area (Å²) in [6.07, 6.45) is 20.1. The van der Waals surface area contributed by atoms with Crippen LogP contribution in [0, 0.1) is 17.2 Å². The highest BCUT2D eigenvalue weighted by molar-refractivity contribution is 6.32. The Morgan fingerprint density at radius 1 is 0.890 bits per heavy atom. The fourth-order valence-corrected chi connectivity index (χ4v) is 8.72. The maximum Gasteiger partial charge on any atom is 0.207 e. The van der Waals surface area contributed by atoms with Crippen molar-refractivity contribution in [3.05, 3.63) is 70.9 Å². The Hall–Kier alpha value is -4.63. The number of pyridine rings is 1. The second-order valence-corrected chi connectivity index (χ2v) is 19.1. The average molecular weight is 1030 g/mol. The molecule has 73 heavy (non-hydrogen) atoms. The van der Waals surface area contributed by atoms with Crippen LogP contribution in [0.4, 0.5) is 11.4 Å². The Morgan fingerprint density at radius 3 is 2.25 bits per heavy atom. The molecule has 406 valence electrons. The van der Waals surface area contributed by atoms with Gasteiger partial charge in [0.1, 0.15) is 24.2 Å². The summed E-state index contributed by atoms with van der Waals surface area (Å²) in [5.74, 6) is 1.61. The van der Waals surface area contributed by atoms with Gasteiger partial charge in [0.05, 0.1) is 85.9 Å². The summed E-state index contributed by atoms with van der Waals surface area (Å²) in [5, 5.41) is 24.8. The molecule has 16 heteroatoms. The van der Waals surface area contributed by atoms with Crippen LogP contribution < -0.4 is 30.7 Å². The molecule has 0 radical (unpaired) electrons. The van der Waals surface area contributed by atoms with Crippen LogP contribution in [0.1, 0.15) is 110 Å². The lowest BCUT2D eigenvalue weighted by atomic mass is 9.68. The van der Waals surface area contributed by atoms with Crippen LogP contribution in [-0.2, 0) is 23.7 Å². The van der Waals surface area contributed by atoms with Gasteiger partial charge in [-0.1, -0.05) is 69.9 Å². The first kappa shape index (κ1) is 62.7. The van der Waals surface area contributed by atoms with Crippen LogP contribution in [0.2, 0.25) is 5.02 Å².